The molecule has 2 nitrogen and oxygen atoms in total. The molecule has 0 aromatic heterocycles. The van der Waals surface area contributed by atoms with Crippen molar-refractivity contribution in [2.75, 3.05) is 18.6 Å². The largest absolute Gasteiger partial charge is 0.491 e. The molecule has 1 aromatic rings. The van der Waals surface area contributed by atoms with Crippen LogP contribution in [0.5, 0.6) is 5.75 Å². The second-order valence-corrected chi connectivity index (χ2v) is 6.03. The predicted molar refractivity (Wildman–Crippen MR) is 86.1 cm³/mol. The number of hydrogen-bond acceptors (Lipinski definition) is 3. The quantitative estimate of drug-likeness (QED) is 0.653. The van der Waals surface area contributed by atoms with E-state index in [-0.39, 0.29) is 6.10 Å². The van der Waals surface area contributed by atoms with Crippen molar-refractivity contribution in [3.63, 3.8) is 0 Å². The Morgan fingerprint density at radius 1 is 1.11 bits per heavy atom. The maximum absolute atomic E-state index is 5.63. The SMILES string of the molecule is CSCCCCCNCc1ccc(OC(C)C)cc1. The Hall–Kier alpha value is -0.670. The molecule has 0 amide bonds. The molecule has 0 radical (unpaired) electrons. The van der Waals surface area contributed by atoms with Gasteiger partial charge in [0.2, 0.25) is 0 Å². The van der Waals surface area contributed by atoms with Crippen LogP contribution in [0.4, 0.5) is 0 Å². The summed E-state index contributed by atoms with van der Waals surface area (Å²) in [5.74, 6) is 2.24. The topological polar surface area (TPSA) is 21.3 Å². The number of thioether (sulfide) groups is 1. The highest BCUT2D eigenvalue weighted by molar-refractivity contribution is 7.98. The fourth-order valence-electron chi connectivity index (χ4n) is 1.86. The first-order chi connectivity index (χ1) is 9.22. The van der Waals surface area contributed by atoms with Crippen LogP contribution in [-0.2, 0) is 6.54 Å². The minimum atomic E-state index is 0.241. The molecule has 1 aromatic carbocycles. The Morgan fingerprint density at radius 3 is 2.47 bits per heavy atom. The summed E-state index contributed by atoms with van der Waals surface area (Å²) in [7, 11) is 0. The zero-order valence-corrected chi connectivity index (χ0v) is 13.3. The number of unbranched alkanes of at least 4 members (excludes halogenated alkanes) is 2. The standard InChI is InChI=1S/C16H27NOS/c1-14(2)18-16-9-7-15(8-10-16)13-17-11-5-4-6-12-19-3/h7-10,14,17H,4-6,11-13H2,1-3H3. The van der Waals surface area contributed by atoms with E-state index in [1.54, 1.807) is 0 Å². The summed E-state index contributed by atoms with van der Waals surface area (Å²) in [5, 5.41) is 3.49. The molecule has 0 saturated carbocycles. The van der Waals surface area contributed by atoms with E-state index in [2.05, 4.69) is 35.8 Å². The molecule has 108 valence electrons. The molecule has 1 N–H and O–H groups in total. The lowest BCUT2D eigenvalue weighted by Crippen LogP contribution is -2.14. The van der Waals surface area contributed by atoms with Crippen LogP contribution in [0.15, 0.2) is 24.3 Å². The van der Waals surface area contributed by atoms with E-state index < -0.39 is 0 Å². The maximum Gasteiger partial charge on any atom is 0.119 e. The third-order valence-corrected chi connectivity index (χ3v) is 3.52. The molecule has 0 saturated heterocycles. The van der Waals surface area contributed by atoms with Gasteiger partial charge in [-0.25, -0.2) is 0 Å². The van der Waals surface area contributed by atoms with E-state index >= 15 is 0 Å². The zero-order valence-electron chi connectivity index (χ0n) is 12.4. The first kappa shape index (κ1) is 16.4. The third-order valence-electron chi connectivity index (χ3n) is 2.83. The van der Waals surface area contributed by atoms with Crippen LogP contribution in [0, 0.1) is 0 Å². The molecule has 0 bridgehead atoms. The lowest BCUT2D eigenvalue weighted by atomic mass is 10.2. The number of rotatable bonds is 10. The summed E-state index contributed by atoms with van der Waals surface area (Å²) in [6.45, 7) is 6.15. The average molecular weight is 281 g/mol. The van der Waals surface area contributed by atoms with Gasteiger partial charge in [-0.05, 0) is 62.9 Å². The van der Waals surface area contributed by atoms with Gasteiger partial charge in [-0.15, -0.1) is 0 Å². The molecule has 0 fully saturated rings. The van der Waals surface area contributed by atoms with Gasteiger partial charge in [-0.3, -0.25) is 0 Å². The summed E-state index contributed by atoms with van der Waals surface area (Å²) in [5.41, 5.74) is 1.32. The molecule has 1 rings (SSSR count). The highest BCUT2D eigenvalue weighted by Crippen LogP contribution is 2.13. The number of hydrogen-bond donors (Lipinski definition) is 1. The van der Waals surface area contributed by atoms with E-state index in [0.717, 1.165) is 18.8 Å². The maximum atomic E-state index is 5.63. The summed E-state index contributed by atoms with van der Waals surface area (Å²) in [6, 6.07) is 8.38. The van der Waals surface area contributed by atoms with Gasteiger partial charge in [0.05, 0.1) is 6.10 Å². The summed E-state index contributed by atoms with van der Waals surface area (Å²) < 4.78 is 5.63. The zero-order chi connectivity index (χ0) is 13.9. The Bertz CT molecular complexity index is 324. The number of benzene rings is 1. The van der Waals surface area contributed by atoms with Crippen LogP contribution < -0.4 is 10.1 Å². The van der Waals surface area contributed by atoms with Gasteiger partial charge in [0.15, 0.2) is 0 Å². The Kier molecular flexibility index (Phi) is 8.76. The van der Waals surface area contributed by atoms with Crippen LogP contribution in [0.25, 0.3) is 0 Å². The van der Waals surface area contributed by atoms with Gasteiger partial charge >= 0.3 is 0 Å². The minimum Gasteiger partial charge on any atom is -0.491 e. The summed E-state index contributed by atoms with van der Waals surface area (Å²) in [6.07, 6.45) is 6.35. The van der Waals surface area contributed by atoms with E-state index in [1.165, 1.54) is 30.6 Å². The lowest BCUT2D eigenvalue weighted by molar-refractivity contribution is 0.242. The molecule has 0 aliphatic carbocycles. The second kappa shape index (κ2) is 10.2. The summed E-state index contributed by atoms with van der Waals surface area (Å²) >= 11 is 1.94. The van der Waals surface area contributed by atoms with Crippen LogP contribution in [0.3, 0.4) is 0 Å². The van der Waals surface area contributed by atoms with E-state index in [4.69, 9.17) is 4.74 Å². The van der Waals surface area contributed by atoms with E-state index in [9.17, 15) is 0 Å². The van der Waals surface area contributed by atoms with Crippen molar-refractivity contribution in [1.29, 1.82) is 0 Å². The van der Waals surface area contributed by atoms with Crippen molar-refractivity contribution in [1.82, 2.24) is 5.32 Å². The fraction of sp³-hybridized carbons (Fsp3) is 0.625. The van der Waals surface area contributed by atoms with Gasteiger partial charge in [0.25, 0.3) is 0 Å². The minimum absolute atomic E-state index is 0.241. The van der Waals surface area contributed by atoms with E-state index in [0.29, 0.717) is 0 Å². The van der Waals surface area contributed by atoms with Crippen molar-refractivity contribution < 1.29 is 4.74 Å². The molecule has 0 unspecified atom stereocenters. The fourth-order valence-corrected chi connectivity index (χ4v) is 2.36. The molecular weight excluding hydrogens is 254 g/mol. The van der Waals surface area contributed by atoms with Gasteiger partial charge in [0, 0.05) is 6.54 Å². The van der Waals surface area contributed by atoms with Crippen molar-refractivity contribution in [2.24, 2.45) is 0 Å². The van der Waals surface area contributed by atoms with Crippen molar-refractivity contribution in [2.45, 2.75) is 45.8 Å². The van der Waals surface area contributed by atoms with Gasteiger partial charge in [0.1, 0.15) is 5.75 Å². The smallest absolute Gasteiger partial charge is 0.119 e. The van der Waals surface area contributed by atoms with Crippen molar-refractivity contribution in [3.8, 4) is 5.75 Å². The van der Waals surface area contributed by atoms with Crippen molar-refractivity contribution >= 4 is 11.8 Å². The first-order valence-electron chi connectivity index (χ1n) is 7.17. The molecule has 0 spiro atoms. The molecule has 0 aliphatic rings. The molecular formula is C16H27NOS. The van der Waals surface area contributed by atoms with Gasteiger partial charge in [-0.1, -0.05) is 18.6 Å². The van der Waals surface area contributed by atoms with Gasteiger partial charge < -0.3 is 10.1 Å². The normalized spacial score (nSPS) is 10.9. The average Bonchev–Trinajstić information content (AvgIpc) is 2.39. The Morgan fingerprint density at radius 2 is 1.84 bits per heavy atom. The molecule has 3 heteroatoms. The Balaban J connectivity index is 2.12. The molecule has 0 atom stereocenters. The highest BCUT2D eigenvalue weighted by atomic mass is 32.2. The predicted octanol–water partition coefficient (Wildman–Crippen LogP) is 4.10. The summed E-state index contributed by atoms with van der Waals surface area (Å²) in [4.78, 5) is 0. The molecule has 19 heavy (non-hydrogen) atoms. The molecule has 0 heterocycles. The van der Waals surface area contributed by atoms with Gasteiger partial charge in [-0.2, -0.15) is 11.8 Å². The van der Waals surface area contributed by atoms with Crippen LogP contribution >= 0.6 is 11.8 Å². The number of nitrogens with one attached hydrogen (secondary N) is 1. The monoisotopic (exact) mass is 281 g/mol. The number of ether oxygens (including phenoxy) is 1. The van der Waals surface area contributed by atoms with E-state index in [1.807, 2.05) is 25.6 Å². The van der Waals surface area contributed by atoms with Crippen LogP contribution in [0.2, 0.25) is 0 Å². The Labute approximate surface area is 122 Å². The first-order valence-corrected chi connectivity index (χ1v) is 8.57. The van der Waals surface area contributed by atoms with Crippen LogP contribution in [-0.4, -0.2) is 24.7 Å². The second-order valence-electron chi connectivity index (χ2n) is 5.04. The van der Waals surface area contributed by atoms with Crippen LogP contribution in [0.1, 0.15) is 38.7 Å². The lowest BCUT2D eigenvalue weighted by Gasteiger charge is -2.10. The molecule has 0 aliphatic heterocycles. The third kappa shape index (κ3) is 8.17. The van der Waals surface area contributed by atoms with Crippen molar-refractivity contribution in [3.05, 3.63) is 29.8 Å². The highest BCUT2D eigenvalue weighted by Gasteiger charge is 1.98.